The molecule has 0 saturated carbocycles. The first-order valence-corrected chi connectivity index (χ1v) is 13.4. The molecule has 0 radical (unpaired) electrons. The van der Waals surface area contributed by atoms with E-state index in [2.05, 4.69) is 39.2 Å². The third kappa shape index (κ3) is 3.83. The maximum Gasteiger partial charge on any atom is 0.270 e. The number of benzene rings is 1. The summed E-state index contributed by atoms with van der Waals surface area (Å²) in [5.41, 5.74) is 6.73. The van der Waals surface area contributed by atoms with Crippen molar-refractivity contribution >= 4 is 26.0 Å². The van der Waals surface area contributed by atoms with Crippen LogP contribution in [-0.2, 0) is 9.22 Å². The van der Waals surface area contributed by atoms with Crippen LogP contribution in [0, 0.1) is 5.41 Å². The third-order valence-electron chi connectivity index (χ3n) is 6.51. The molecular formula is C23H33N3O4Si. The second-order valence-electron chi connectivity index (χ2n) is 10.9. The summed E-state index contributed by atoms with van der Waals surface area (Å²) in [6.45, 7) is 16.8. The first-order valence-electron chi connectivity index (χ1n) is 10.5. The predicted molar refractivity (Wildman–Crippen MR) is 122 cm³/mol. The van der Waals surface area contributed by atoms with Gasteiger partial charge in [0.15, 0.2) is 8.32 Å². The van der Waals surface area contributed by atoms with Gasteiger partial charge in [-0.05, 0) is 35.7 Å². The van der Waals surface area contributed by atoms with Crippen LogP contribution in [0.1, 0.15) is 62.3 Å². The minimum Gasteiger partial charge on any atom is -0.411 e. The quantitative estimate of drug-likeness (QED) is 0.549. The SMILES string of the molecule is CC(C)(C)[C@H](O[Si](C)(C)C(C)(C)C)[C@H]1NC(=O)C(N2C(=O)c3ccccc3C2=O)=C1N. The van der Waals surface area contributed by atoms with E-state index in [0.717, 1.165) is 4.90 Å². The normalized spacial score (nSPS) is 21.0. The lowest BCUT2D eigenvalue weighted by atomic mass is 9.84. The molecule has 0 spiro atoms. The molecular weight excluding hydrogens is 410 g/mol. The number of amides is 3. The van der Waals surface area contributed by atoms with Crippen molar-refractivity contribution in [3.8, 4) is 0 Å². The second kappa shape index (κ2) is 7.31. The molecule has 2 heterocycles. The van der Waals surface area contributed by atoms with Crippen LogP contribution < -0.4 is 11.1 Å². The molecule has 1 aromatic rings. The van der Waals surface area contributed by atoms with Gasteiger partial charge in [0.25, 0.3) is 17.7 Å². The standard InChI is InChI=1S/C23H33N3O4Si/c1-22(2,3)18(30-31(7,8)23(4,5)6)16-15(24)17(19(27)25-16)26-20(28)13-11-9-10-12-14(13)21(26)29/h9-12,16,18H,24H2,1-8H3,(H,25,27)/t16-,18+/m0/s1. The van der Waals surface area contributed by atoms with Gasteiger partial charge in [0.1, 0.15) is 5.70 Å². The number of rotatable bonds is 4. The van der Waals surface area contributed by atoms with Gasteiger partial charge in [0.05, 0.1) is 29.0 Å². The minimum atomic E-state index is -2.21. The number of imide groups is 1. The van der Waals surface area contributed by atoms with E-state index in [-0.39, 0.29) is 33.0 Å². The molecule has 3 rings (SSSR count). The van der Waals surface area contributed by atoms with E-state index in [1.165, 1.54) is 0 Å². The maximum atomic E-state index is 13.0. The molecule has 3 N–H and O–H groups in total. The second-order valence-corrected chi connectivity index (χ2v) is 15.7. The highest BCUT2D eigenvalue weighted by atomic mass is 28.4. The number of carbonyl (C=O) groups is 3. The van der Waals surface area contributed by atoms with Crippen LogP contribution in [0.15, 0.2) is 35.7 Å². The van der Waals surface area contributed by atoms with Gasteiger partial charge in [-0.3, -0.25) is 14.4 Å². The average molecular weight is 444 g/mol. The van der Waals surface area contributed by atoms with Gasteiger partial charge >= 0.3 is 0 Å². The fourth-order valence-electron chi connectivity index (χ4n) is 3.67. The van der Waals surface area contributed by atoms with Crippen molar-refractivity contribution in [3.05, 3.63) is 46.8 Å². The summed E-state index contributed by atoms with van der Waals surface area (Å²) in [5, 5.41) is 2.85. The molecule has 0 aromatic heterocycles. The molecule has 2 aliphatic heterocycles. The van der Waals surface area contributed by atoms with Crippen molar-refractivity contribution in [3.63, 3.8) is 0 Å². The zero-order chi connectivity index (χ0) is 23.5. The molecule has 0 bridgehead atoms. The van der Waals surface area contributed by atoms with E-state index in [0.29, 0.717) is 0 Å². The average Bonchev–Trinajstić information content (AvgIpc) is 3.05. The third-order valence-corrected chi connectivity index (χ3v) is 11.0. The fraction of sp³-hybridized carbons (Fsp3) is 0.522. The van der Waals surface area contributed by atoms with Crippen LogP contribution in [0.2, 0.25) is 18.1 Å². The Balaban J connectivity index is 2.03. The van der Waals surface area contributed by atoms with Gasteiger partial charge in [-0.15, -0.1) is 0 Å². The Morgan fingerprint density at radius 2 is 1.48 bits per heavy atom. The Morgan fingerprint density at radius 3 is 1.90 bits per heavy atom. The van der Waals surface area contributed by atoms with Crippen LogP contribution in [0.5, 0.6) is 0 Å². The minimum absolute atomic E-state index is 0.0387. The Morgan fingerprint density at radius 1 is 1.00 bits per heavy atom. The van der Waals surface area contributed by atoms with Crippen molar-refractivity contribution in [2.75, 3.05) is 0 Å². The van der Waals surface area contributed by atoms with E-state index < -0.39 is 38.2 Å². The van der Waals surface area contributed by atoms with Gasteiger partial charge in [-0.2, -0.15) is 0 Å². The van der Waals surface area contributed by atoms with Gasteiger partial charge in [-0.1, -0.05) is 53.7 Å². The van der Waals surface area contributed by atoms with Gasteiger partial charge in [0, 0.05) is 0 Å². The first kappa shape index (κ1) is 23.2. The highest BCUT2D eigenvalue weighted by molar-refractivity contribution is 6.74. The van der Waals surface area contributed by atoms with Crippen molar-refractivity contribution in [1.29, 1.82) is 0 Å². The predicted octanol–water partition coefficient (Wildman–Crippen LogP) is 3.39. The van der Waals surface area contributed by atoms with E-state index in [4.69, 9.17) is 10.2 Å². The summed E-state index contributed by atoms with van der Waals surface area (Å²) in [5.74, 6) is -1.61. The number of nitrogens with one attached hydrogen (secondary N) is 1. The first-order chi connectivity index (χ1) is 14.1. The smallest absolute Gasteiger partial charge is 0.270 e. The van der Waals surface area contributed by atoms with E-state index in [1.807, 2.05) is 20.8 Å². The molecule has 168 valence electrons. The molecule has 2 atom stereocenters. The van der Waals surface area contributed by atoms with Crippen LogP contribution in [0.25, 0.3) is 0 Å². The Hall–Kier alpha value is -2.45. The largest absolute Gasteiger partial charge is 0.411 e. The summed E-state index contributed by atoms with van der Waals surface area (Å²) in [7, 11) is -2.21. The van der Waals surface area contributed by atoms with Crippen molar-refractivity contribution < 1.29 is 18.8 Å². The van der Waals surface area contributed by atoms with Crippen molar-refractivity contribution in [1.82, 2.24) is 10.2 Å². The molecule has 7 nitrogen and oxygen atoms in total. The summed E-state index contributed by atoms with van der Waals surface area (Å²) >= 11 is 0. The van der Waals surface area contributed by atoms with Crippen molar-refractivity contribution in [2.45, 2.75) is 71.8 Å². The molecule has 0 fully saturated rings. The highest BCUT2D eigenvalue weighted by Crippen LogP contribution is 2.42. The number of hydrogen-bond donors (Lipinski definition) is 2. The molecule has 8 heteroatoms. The Kier molecular flexibility index (Phi) is 5.47. The zero-order valence-corrected chi connectivity index (χ0v) is 20.6. The molecule has 31 heavy (non-hydrogen) atoms. The molecule has 3 amide bonds. The Labute approximate surface area is 185 Å². The van der Waals surface area contributed by atoms with Crippen LogP contribution in [0.4, 0.5) is 0 Å². The lowest BCUT2D eigenvalue weighted by molar-refractivity contribution is -0.118. The lowest BCUT2D eigenvalue weighted by Crippen LogP contribution is -2.55. The van der Waals surface area contributed by atoms with E-state index in [1.54, 1.807) is 24.3 Å². The number of fused-ring (bicyclic) bond motifs is 1. The molecule has 2 aliphatic rings. The topological polar surface area (TPSA) is 102 Å². The van der Waals surface area contributed by atoms with Crippen LogP contribution >= 0.6 is 0 Å². The van der Waals surface area contributed by atoms with E-state index >= 15 is 0 Å². The summed E-state index contributed by atoms with van der Waals surface area (Å²) in [4.78, 5) is 39.7. The van der Waals surface area contributed by atoms with Crippen molar-refractivity contribution in [2.24, 2.45) is 11.1 Å². The summed E-state index contributed by atoms with van der Waals surface area (Å²) < 4.78 is 6.72. The summed E-state index contributed by atoms with van der Waals surface area (Å²) in [6, 6.07) is 5.89. The number of nitrogens with two attached hydrogens (primary N) is 1. The van der Waals surface area contributed by atoms with Crippen LogP contribution in [0.3, 0.4) is 0 Å². The van der Waals surface area contributed by atoms with Gasteiger partial charge in [-0.25, -0.2) is 4.90 Å². The van der Waals surface area contributed by atoms with Crippen LogP contribution in [-0.4, -0.2) is 43.1 Å². The molecule has 0 unspecified atom stereocenters. The number of nitrogens with zero attached hydrogens (tertiary/aromatic N) is 1. The van der Waals surface area contributed by atoms with E-state index in [9.17, 15) is 14.4 Å². The van der Waals surface area contributed by atoms with Gasteiger partial charge in [0.2, 0.25) is 0 Å². The van der Waals surface area contributed by atoms with Gasteiger partial charge < -0.3 is 15.5 Å². The number of carbonyl (C=O) groups excluding carboxylic acids is 3. The lowest BCUT2D eigenvalue weighted by Gasteiger charge is -2.45. The monoisotopic (exact) mass is 443 g/mol. The highest BCUT2D eigenvalue weighted by Gasteiger charge is 2.50. The summed E-state index contributed by atoms with van der Waals surface area (Å²) in [6.07, 6.45) is -0.426. The molecule has 0 saturated heterocycles. The zero-order valence-electron chi connectivity index (χ0n) is 19.6. The molecule has 1 aromatic carbocycles. The maximum absolute atomic E-state index is 13.0. The fourth-order valence-corrected chi connectivity index (χ4v) is 5.14. The Bertz CT molecular complexity index is 950. The molecule has 0 aliphatic carbocycles. The number of hydrogen-bond acceptors (Lipinski definition) is 5.